The maximum Gasteiger partial charge on any atom is 0.303 e. The topological polar surface area (TPSA) is 79.3 Å². The summed E-state index contributed by atoms with van der Waals surface area (Å²) in [5.41, 5.74) is 2.51. The minimum absolute atomic E-state index is 0.0234. The van der Waals surface area contributed by atoms with Gasteiger partial charge in [0.25, 0.3) is 5.91 Å². The van der Waals surface area contributed by atoms with E-state index < -0.39 is 5.97 Å². The van der Waals surface area contributed by atoms with Crippen LogP contribution in [0.1, 0.15) is 28.2 Å². The van der Waals surface area contributed by atoms with E-state index >= 15 is 0 Å². The molecule has 1 amide bonds. The van der Waals surface area contributed by atoms with E-state index in [0.717, 1.165) is 11.3 Å². The Labute approximate surface area is 122 Å². The third-order valence-corrected chi connectivity index (χ3v) is 2.99. The maximum atomic E-state index is 12.2. The molecule has 5 heteroatoms. The van der Waals surface area contributed by atoms with Gasteiger partial charge in [-0.3, -0.25) is 9.59 Å². The number of carboxylic acid groups (broad SMARTS) is 1. The normalized spacial score (nSPS) is 10.1. The van der Waals surface area contributed by atoms with Gasteiger partial charge in [0.15, 0.2) is 0 Å². The molecule has 0 saturated heterocycles. The highest BCUT2D eigenvalue weighted by Crippen LogP contribution is 2.17. The van der Waals surface area contributed by atoms with Crippen LogP contribution in [-0.4, -0.2) is 22.0 Å². The second-order valence-electron chi connectivity index (χ2n) is 4.67. The highest BCUT2D eigenvalue weighted by molar-refractivity contribution is 6.03. The standard InChI is InChI=1S/C16H16N2O3/c1-11-5-4-8-14(17-11)16(21)18-13-7-3-2-6-12(13)9-10-15(19)20/h2-8H,9-10H2,1H3,(H,18,21)(H,19,20). The number of aryl methyl sites for hydroxylation is 2. The molecule has 2 rings (SSSR count). The summed E-state index contributed by atoms with van der Waals surface area (Å²) in [6.45, 7) is 1.82. The number of rotatable bonds is 5. The van der Waals surface area contributed by atoms with Crippen molar-refractivity contribution in [3.05, 3.63) is 59.4 Å². The number of nitrogens with one attached hydrogen (secondary N) is 1. The van der Waals surface area contributed by atoms with Crippen molar-refractivity contribution in [3.63, 3.8) is 0 Å². The lowest BCUT2D eigenvalue weighted by Gasteiger charge is -2.10. The number of aliphatic carboxylic acids is 1. The number of carboxylic acids is 1. The molecule has 1 aromatic heterocycles. The molecule has 0 saturated carbocycles. The number of para-hydroxylation sites is 1. The van der Waals surface area contributed by atoms with Crippen LogP contribution in [-0.2, 0) is 11.2 Å². The Morgan fingerprint density at radius 3 is 2.62 bits per heavy atom. The highest BCUT2D eigenvalue weighted by atomic mass is 16.4. The number of hydrogen-bond donors (Lipinski definition) is 2. The predicted octanol–water partition coefficient (Wildman–Crippen LogP) is 2.66. The molecule has 0 bridgehead atoms. The summed E-state index contributed by atoms with van der Waals surface area (Å²) >= 11 is 0. The second-order valence-corrected chi connectivity index (χ2v) is 4.67. The van der Waals surface area contributed by atoms with Crippen LogP contribution in [0.3, 0.4) is 0 Å². The van der Waals surface area contributed by atoms with Crippen LogP contribution in [0.2, 0.25) is 0 Å². The summed E-state index contributed by atoms with van der Waals surface area (Å²) < 4.78 is 0. The van der Waals surface area contributed by atoms with Crippen molar-refractivity contribution in [3.8, 4) is 0 Å². The summed E-state index contributed by atoms with van der Waals surface area (Å²) in [5.74, 6) is -1.17. The zero-order valence-electron chi connectivity index (χ0n) is 11.7. The van der Waals surface area contributed by atoms with Gasteiger partial charge in [0, 0.05) is 17.8 Å². The van der Waals surface area contributed by atoms with Gasteiger partial charge in [0.05, 0.1) is 0 Å². The Kier molecular flexibility index (Phi) is 4.66. The minimum atomic E-state index is -0.864. The molecule has 0 spiro atoms. The zero-order valence-corrected chi connectivity index (χ0v) is 11.7. The third kappa shape index (κ3) is 4.14. The summed E-state index contributed by atoms with van der Waals surface area (Å²) in [6.07, 6.45) is 0.391. The molecule has 2 N–H and O–H groups in total. The van der Waals surface area contributed by atoms with Crippen molar-refractivity contribution in [1.29, 1.82) is 0 Å². The molecule has 0 unspecified atom stereocenters. The lowest BCUT2D eigenvalue weighted by molar-refractivity contribution is -0.136. The molecular weight excluding hydrogens is 268 g/mol. The van der Waals surface area contributed by atoms with Crippen molar-refractivity contribution < 1.29 is 14.7 Å². The van der Waals surface area contributed by atoms with Gasteiger partial charge in [0.2, 0.25) is 0 Å². The van der Waals surface area contributed by atoms with Gasteiger partial charge in [-0.1, -0.05) is 24.3 Å². The summed E-state index contributed by atoms with van der Waals surface area (Å²) in [5, 5.41) is 11.5. The number of hydrogen-bond acceptors (Lipinski definition) is 3. The largest absolute Gasteiger partial charge is 0.481 e. The van der Waals surface area contributed by atoms with Crippen LogP contribution in [0.25, 0.3) is 0 Å². The van der Waals surface area contributed by atoms with E-state index in [1.54, 1.807) is 24.3 Å². The SMILES string of the molecule is Cc1cccc(C(=O)Nc2ccccc2CCC(=O)O)n1. The van der Waals surface area contributed by atoms with Gasteiger partial charge in [-0.2, -0.15) is 0 Å². The van der Waals surface area contributed by atoms with E-state index in [1.807, 2.05) is 25.1 Å². The van der Waals surface area contributed by atoms with E-state index in [0.29, 0.717) is 17.8 Å². The number of pyridine rings is 1. The minimum Gasteiger partial charge on any atom is -0.481 e. The lowest BCUT2D eigenvalue weighted by atomic mass is 10.1. The van der Waals surface area contributed by atoms with Gasteiger partial charge in [-0.15, -0.1) is 0 Å². The van der Waals surface area contributed by atoms with Gasteiger partial charge < -0.3 is 10.4 Å². The molecule has 1 heterocycles. The number of carbonyl (C=O) groups is 2. The predicted molar refractivity (Wildman–Crippen MR) is 79.3 cm³/mol. The Morgan fingerprint density at radius 1 is 1.14 bits per heavy atom. The van der Waals surface area contributed by atoms with Crippen molar-refractivity contribution in [2.45, 2.75) is 19.8 Å². The monoisotopic (exact) mass is 284 g/mol. The summed E-state index contributed by atoms with van der Waals surface area (Å²) in [6, 6.07) is 12.4. The molecule has 21 heavy (non-hydrogen) atoms. The van der Waals surface area contributed by atoms with Crippen molar-refractivity contribution >= 4 is 17.6 Å². The molecule has 1 aromatic carbocycles. The molecule has 0 atom stereocenters. The average molecular weight is 284 g/mol. The second kappa shape index (κ2) is 6.65. The van der Waals surface area contributed by atoms with Crippen molar-refractivity contribution in [2.24, 2.45) is 0 Å². The fourth-order valence-corrected chi connectivity index (χ4v) is 1.96. The van der Waals surface area contributed by atoms with Crippen LogP contribution in [0, 0.1) is 6.92 Å². The molecule has 0 radical (unpaired) electrons. The Morgan fingerprint density at radius 2 is 1.90 bits per heavy atom. The highest BCUT2D eigenvalue weighted by Gasteiger charge is 2.11. The Hall–Kier alpha value is -2.69. The molecule has 2 aromatic rings. The fourth-order valence-electron chi connectivity index (χ4n) is 1.96. The van der Waals surface area contributed by atoms with Crippen LogP contribution >= 0.6 is 0 Å². The number of nitrogens with zero attached hydrogens (tertiary/aromatic N) is 1. The zero-order chi connectivity index (χ0) is 15.2. The third-order valence-electron chi connectivity index (χ3n) is 2.99. The number of benzene rings is 1. The van der Waals surface area contributed by atoms with E-state index in [-0.39, 0.29) is 12.3 Å². The van der Waals surface area contributed by atoms with E-state index in [2.05, 4.69) is 10.3 Å². The molecule has 5 nitrogen and oxygen atoms in total. The first-order valence-electron chi connectivity index (χ1n) is 6.61. The first-order valence-corrected chi connectivity index (χ1v) is 6.61. The van der Waals surface area contributed by atoms with Gasteiger partial charge >= 0.3 is 5.97 Å². The smallest absolute Gasteiger partial charge is 0.303 e. The lowest BCUT2D eigenvalue weighted by Crippen LogP contribution is -2.15. The molecule has 108 valence electrons. The van der Waals surface area contributed by atoms with Crippen LogP contribution in [0.4, 0.5) is 5.69 Å². The molecule has 0 aliphatic carbocycles. The Bertz CT molecular complexity index is 668. The average Bonchev–Trinajstić information content (AvgIpc) is 2.46. The van der Waals surface area contributed by atoms with Crippen LogP contribution in [0.5, 0.6) is 0 Å². The fraction of sp³-hybridized carbons (Fsp3) is 0.188. The summed E-state index contributed by atoms with van der Waals surface area (Å²) in [7, 11) is 0. The number of amides is 1. The number of aromatic nitrogens is 1. The van der Waals surface area contributed by atoms with E-state index in [1.165, 1.54) is 0 Å². The van der Waals surface area contributed by atoms with Crippen LogP contribution < -0.4 is 5.32 Å². The quantitative estimate of drug-likeness (QED) is 0.884. The first kappa shape index (κ1) is 14.7. The van der Waals surface area contributed by atoms with Crippen molar-refractivity contribution in [2.75, 3.05) is 5.32 Å². The summed E-state index contributed by atoms with van der Waals surface area (Å²) in [4.78, 5) is 27.0. The molecular formula is C16H16N2O3. The molecule has 0 aliphatic rings. The number of carbonyl (C=O) groups excluding carboxylic acids is 1. The maximum absolute atomic E-state index is 12.2. The van der Waals surface area contributed by atoms with Gasteiger partial charge in [-0.05, 0) is 37.1 Å². The van der Waals surface area contributed by atoms with Crippen molar-refractivity contribution in [1.82, 2.24) is 4.98 Å². The van der Waals surface area contributed by atoms with E-state index in [9.17, 15) is 9.59 Å². The number of anilines is 1. The molecule has 0 fully saturated rings. The Balaban J connectivity index is 2.15. The van der Waals surface area contributed by atoms with Crippen LogP contribution in [0.15, 0.2) is 42.5 Å². The van der Waals surface area contributed by atoms with E-state index in [4.69, 9.17) is 5.11 Å². The van der Waals surface area contributed by atoms with Gasteiger partial charge in [-0.25, -0.2) is 4.98 Å². The first-order chi connectivity index (χ1) is 10.1. The molecule has 0 aliphatic heterocycles. The van der Waals surface area contributed by atoms with Gasteiger partial charge in [0.1, 0.15) is 5.69 Å².